The third-order valence-corrected chi connectivity index (χ3v) is 4.27. The summed E-state index contributed by atoms with van der Waals surface area (Å²) in [5.41, 5.74) is 1.06. The Morgan fingerprint density at radius 3 is 2.53 bits per heavy atom. The van der Waals surface area contributed by atoms with Crippen LogP contribution < -0.4 is 0 Å². The summed E-state index contributed by atoms with van der Waals surface area (Å²) in [6.45, 7) is 0. The SMILES string of the molecule is OC(Cc1ccc(Cl)c(Cl)c1)CC1CCCC1. The van der Waals surface area contributed by atoms with Gasteiger partial charge in [-0.15, -0.1) is 0 Å². The minimum absolute atomic E-state index is 0.254. The third-order valence-electron chi connectivity index (χ3n) is 3.54. The van der Waals surface area contributed by atoms with Crippen molar-refractivity contribution in [2.45, 2.75) is 44.6 Å². The monoisotopic (exact) mass is 272 g/mol. The lowest BCUT2D eigenvalue weighted by Crippen LogP contribution is -2.14. The van der Waals surface area contributed by atoms with E-state index in [4.69, 9.17) is 23.2 Å². The molecule has 0 saturated heterocycles. The Bertz CT molecular complexity index is 372. The van der Waals surface area contributed by atoms with Crippen LogP contribution in [0, 0.1) is 5.92 Å². The standard InChI is InChI=1S/C14H18Cl2O/c15-13-6-5-11(9-14(13)16)8-12(17)7-10-3-1-2-4-10/h5-6,9-10,12,17H,1-4,7-8H2. The van der Waals surface area contributed by atoms with Crippen molar-refractivity contribution < 1.29 is 5.11 Å². The second-order valence-corrected chi connectivity index (χ2v) is 5.81. The summed E-state index contributed by atoms with van der Waals surface area (Å²) in [5.74, 6) is 0.716. The van der Waals surface area contributed by atoms with Crippen LogP contribution in [0.15, 0.2) is 18.2 Å². The summed E-state index contributed by atoms with van der Waals surface area (Å²) >= 11 is 11.8. The summed E-state index contributed by atoms with van der Waals surface area (Å²) in [7, 11) is 0. The van der Waals surface area contributed by atoms with E-state index >= 15 is 0 Å². The quantitative estimate of drug-likeness (QED) is 0.857. The predicted molar refractivity (Wildman–Crippen MR) is 72.7 cm³/mol. The molecular formula is C14H18Cl2O. The van der Waals surface area contributed by atoms with E-state index < -0.39 is 0 Å². The van der Waals surface area contributed by atoms with Gasteiger partial charge in [0.15, 0.2) is 0 Å². The van der Waals surface area contributed by atoms with Crippen molar-refractivity contribution in [2.75, 3.05) is 0 Å². The molecule has 0 radical (unpaired) electrons. The van der Waals surface area contributed by atoms with Crippen LogP contribution in [0.3, 0.4) is 0 Å². The number of benzene rings is 1. The number of rotatable bonds is 4. The van der Waals surface area contributed by atoms with Gasteiger partial charge in [0, 0.05) is 0 Å². The normalized spacial score (nSPS) is 18.5. The fourth-order valence-corrected chi connectivity index (χ4v) is 2.97. The van der Waals surface area contributed by atoms with Crippen LogP contribution >= 0.6 is 23.2 Å². The van der Waals surface area contributed by atoms with Crippen molar-refractivity contribution in [3.8, 4) is 0 Å². The zero-order chi connectivity index (χ0) is 12.3. The Morgan fingerprint density at radius 2 is 1.88 bits per heavy atom. The Hall–Kier alpha value is -0.240. The molecule has 1 N–H and O–H groups in total. The fraction of sp³-hybridized carbons (Fsp3) is 0.571. The average molecular weight is 273 g/mol. The maximum Gasteiger partial charge on any atom is 0.0595 e. The Labute approximate surface area is 113 Å². The first-order chi connectivity index (χ1) is 8.15. The molecule has 1 aromatic carbocycles. The molecule has 1 fully saturated rings. The van der Waals surface area contributed by atoms with E-state index in [0.717, 1.165) is 12.0 Å². The van der Waals surface area contributed by atoms with E-state index in [1.54, 1.807) is 6.07 Å². The highest BCUT2D eigenvalue weighted by Gasteiger charge is 2.19. The summed E-state index contributed by atoms with van der Waals surface area (Å²) in [6, 6.07) is 5.58. The summed E-state index contributed by atoms with van der Waals surface area (Å²) in [4.78, 5) is 0. The van der Waals surface area contributed by atoms with Crippen molar-refractivity contribution >= 4 is 23.2 Å². The first-order valence-electron chi connectivity index (χ1n) is 6.27. The molecule has 3 heteroatoms. The molecule has 1 saturated carbocycles. The zero-order valence-electron chi connectivity index (χ0n) is 9.83. The highest BCUT2D eigenvalue weighted by molar-refractivity contribution is 6.42. The van der Waals surface area contributed by atoms with E-state index in [1.807, 2.05) is 12.1 Å². The van der Waals surface area contributed by atoms with Gasteiger partial charge < -0.3 is 5.11 Å². The maximum absolute atomic E-state index is 10.0. The molecule has 0 bridgehead atoms. The Morgan fingerprint density at radius 1 is 1.18 bits per heavy atom. The number of halogens is 2. The van der Waals surface area contributed by atoms with Crippen LogP contribution in [-0.2, 0) is 6.42 Å². The molecule has 1 aliphatic rings. The number of aliphatic hydroxyl groups is 1. The molecule has 0 amide bonds. The van der Waals surface area contributed by atoms with Crippen molar-refractivity contribution in [1.29, 1.82) is 0 Å². The fourth-order valence-electron chi connectivity index (χ4n) is 2.65. The highest BCUT2D eigenvalue weighted by atomic mass is 35.5. The third kappa shape index (κ3) is 3.87. The summed E-state index contributed by atoms with van der Waals surface area (Å²) in [5, 5.41) is 11.2. The lowest BCUT2D eigenvalue weighted by atomic mass is 9.96. The molecule has 0 aromatic heterocycles. The van der Waals surface area contributed by atoms with Crippen molar-refractivity contribution in [2.24, 2.45) is 5.92 Å². The molecule has 0 spiro atoms. The average Bonchev–Trinajstić information content (AvgIpc) is 2.76. The van der Waals surface area contributed by atoms with E-state index in [0.29, 0.717) is 22.4 Å². The predicted octanol–water partition coefficient (Wildman–Crippen LogP) is 4.48. The molecule has 0 aliphatic heterocycles. The van der Waals surface area contributed by atoms with Gasteiger partial charge in [-0.05, 0) is 36.5 Å². The highest BCUT2D eigenvalue weighted by Crippen LogP contribution is 2.30. The minimum atomic E-state index is -0.254. The van der Waals surface area contributed by atoms with Crippen LogP contribution in [0.2, 0.25) is 10.0 Å². The summed E-state index contributed by atoms with van der Waals surface area (Å²) < 4.78 is 0. The second kappa shape index (κ2) is 6.08. The number of hydrogen-bond acceptors (Lipinski definition) is 1. The second-order valence-electron chi connectivity index (χ2n) is 4.99. The largest absolute Gasteiger partial charge is 0.393 e. The molecule has 1 aromatic rings. The van der Waals surface area contributed by atoms with Gasteiger partial charge in [0.2, 0.25) is 0 Å². The molecule has 1 unspecified atom stereocenters. The molecule has 17 heavy (non-hydrogen) atoms. The van der Waals surface area contributed by atoms with E-state index in [9.17, 15) is 5.11 Å². The number of aliphatic hydroxyl groups excluding tert-OH is 1. The van der Waals surface area contributed by atoms with Crippen molar-refractivity contribution in [3.63, 3.8) is 0 Å². The smallest absolute Gasteiger partial charge is 0.0595 e. The lowest BCUT2D eigenvalue weighted by molar-refractivity contribution is 0.143. The van der Waals surface area contributed by atoms with Gasteiger partial charge in [-0.25, -0.2) is 0 Å². The molecule has 0 heterocycles. The van der Waals surface area contributed by atoms with Gasteiger partial charge in [0.05, 0.1) is 16.1 Å². The van der Waals surface area contributed by atoms with Gasteiger partial charge in [-0.2, -0.15) is 0 Å². The van der Waals surface area contributed by atoms with Crippen LogP contribution in [0.1, 0.15) is 37.7 Å². The van der Waals surface area contributed by atoms with Gasteiger partial charge in [0.25, 0.3) is 0 Å². The molecule has 2 rings (SSSR count). The van der Waals surface area contributed by atoms with E-state index in [2.05, 4.69) is 0 Å². The van der Waals surface area contributed by atoms with Gasteiger partial charge in [-0.1, -0.05) is 55.0 Å². The Balaban J connectivity index is 1.88. The first-order valence-corrected chi connectivity index (χ1v) is 7.02. The molecule has 1 atom stereocenters. The van der Waals surface area contributed by atoms with Crippen molar-refractivity contribution in [1.82, 2.24) is 0 Å². The molecule has 1 aliphatic carbocycles. The molecule has 1 nitrogen and oxygen atoms in total. The van der Waals surface area contributed by atoms with Crippen LogP contribution in [-0.4, -0.2) is 11.2 Å². The van der Waals surface area contributed by atoms with E-state index in [-0.39, 0.29) is 6.10 Å². The van der Waals surface area contributed by atoms with E-state index in [1.165, 1.54) is 25.7 Å². The van der Waals surface area contributed by atoms with Gasteiger partial charge >= 0.3 is 0 Å². The zero-order valence-corrected chi connectivity index (χ0v) is 11.3. The maximum atomic E-state index is 10.0. The molecular weight excluding hydrogens is 255 g/mol. The van der Waals surface area contributed by atoms with Gasteiger partial charge in [0.1, 0.15) is 0 Å². The Kier molecular flexibility index (Phi) is 4.72. The molecule has 94 valence electrons. The van der Waals surface area contributed by atoms with Crippen LogP contribution in [0.25, 0.3) is 0 Å². The minimum Gasteiger partial charge on any atom is -0.393 e. The lowest BCUT2D eigenvalue weighted by Gasteiger charge is -2.15. The van der Waals surface area contributed by atoms with Crippen LogP contribution in [0.4, 0.5) is 0 Å². The van der Waals surface area contributed by atoms with Gasteiger partial charge in [-0.3, -0.25) is 0 Å². The number of hydrogen-bond donors (Lipinski definition) is 1. The van der Waals surface area contributed by atoms with Crippen molar-refractivity contribution in [3.05, 3.63) is 33.8 Å². The van der Waals surface area contributed by atoms with Crippen LogP contribution in [0.5, 0.6) is 0 Å². The first kappa shape index (κ1) is 13.2. The topological polar surface area (TPSA) is 20.2 Å². The summed E-state index contributed by atoms with van der Waals surface area (Å²) in [6.07, 6.45) is 6.54.